The van der Waals surface area contributed by atoms with Gasteiger partial charge in [-0.2, -0.15) is 4.31 Å². The Bertz CT molecular complexity index is 1140. The summed E-state index contributed by atoms with van der Waals surface area (Å²) in [5, 5.41) is 8.22. The van der Waals surface area contributed by atoms with Crippen molar-refractivity contribution in [3.8, 4) is 11.5 Å². The van der Waals surface area contributed by atoms with Gasteiger partial charge in [-0.15, -0.1) is 10.2 Å². The van der Waals surface area contributed by atoms with Crippen LogP contribution in [0.2, 0.25) is 0 Å². The minimum atomic E-state index is -3.57. The Morgan fingerprint density at radius 2 is 1.65 bits per heavy atom. The first-order valence-electron chi connectivity index (χ1n) is 10.1. The van der Waals surface area contributed by atoms with E-state index in [1.807, 2.05) is 30.3 Å². The van der Waals surface area contributed by atoms with Crippen molar-refractivity contribution in [3.05, 3.63) is 66.1 Å². The Kier molecular flexibility index (Phi) is 6.26. The Balaban J connectivity index is 1.30. The van der Waals surface area contributed by atoms with Crippen molar-refractivity contribution in [1.82, 2.24) is 19.4 Å². The summed E-state index contributed by atoms with van der Waals surface area (Å²) in [4.78, 5) is 13.8. The van der Waals surface area contributed by atoms with Crippen LogP contribution in [0.3, 0.4) is 0 Å². The molecule has 0 bridgehead atoms. The first-order valence-corrected chi connectivity index (χ1v) is 11.6. The second-order valence-electron chi connectivity index (χ2n) is 7.44. The van der Waals surface area contributed by atoms with E-state index >= 15 is 0 Å². The zero-order valence-corrected chi connectivity index (χ0v) is 18.1. The molecule has 4 rings (SSSR count). The normalized spacial score (nSPS) is 15.8. The SMILES string of the molecule is CC(=O)c1ccc(S(=O)(=O)N2CCN(CCc3nnc(-c4ccccc4)o3)CC2)cc1. The van der Waals surface area contributed by atoms with E-state index in [2.05, 4.69) is 15.1 Å². The second kappa shape index (κ2) is 9.09. The lowest BCUT2D eigenvalue weighted by Gasteiger charge is -2.33. The molecule has 0 amide bonds. The van der Waals surface area contributed by atoms with E-state index in [0.717, 1.165) is 12.1 Å². The number of piperazine rings is 1. The highest BCUT2D eigenvalue weighted by molar-refractivity contribution is 7.89. The van der Waals surface area contributed by atoms with Gasteiger partial charge in [0.1, 0.15) is 0 Å². The summed E-state index contributed by atoms with van der Waals surface area (Å²) in [5.41, 5.74) is 1.39. The predicted molar refractivity (Wildman–Crippen MR) is 115 cm³/mol. The molecule has 0 spiro atoms. The number of nitrogens with zero attached hydrogens (tertiary/aromatic N) is 4. The molecule has 1 aliphatic heterocycles. The van der Waals surface area contributed by atoms with Crippen molar-refractivity contribution >= 4 is 15.8 Å². The van der Waals surface area contributed by atoms with Crippen LogP contribution in [0.15, 0.2) is 63.9 Å². The van der Waals surface area contributed by atoms with Gasteiger partial charge < -0.3 is 9.32 Å². The lowest BCUT2D eigenvalue weighted by molar-refractivity contribution is 0.101. The smallest absolute Gasteiger partial charge is 0.247 e. The number of rotatable bonds is 7. The zero-order valence-electron chi connectivity index (χ0n) is 17.3. The summed E-state index contributed by atoms with van der Waals surface area (Å²) in [6.07, 6.45) is 0.610. The van der Waals surface area contributed by atoms with Gasteiger partial charge in [0, 0.05) is 50.3 Å². The topological polar surface area (TPSA) is 96.6 Å². The van der Waals surface area contributed by atoms with Crippen LogP contribution in [0.1, 0.15) is 23.2 Å². The van der Waals surface area contributed by atoms with E-state index < -0.39 is 10.0 Å². The molecular weight excluding hydrogens is 416 g/mol. The van der Waals surface area contributed by atoms with Crippen molar-refractivity contribution in [3.63, 3.8) is 0 Å². The van der Waals surface area contributed by atoms with Crippen LogP contribution in [0.5, 0.6) is 0 Å². The van der Waals surface area contributed by atoms with E-state index in [9.17, 15) is 13.2 Å². The molecule has 1 aliphatic rings. The molecular formula is C22H24N4O4S. The zero-order chi connectivity index (χ0) is 21.8. The molecule has 2 aromatic carbocycles. The van der Waals surface area contributed by atoms with E-state index in [-0.39, 0.29) is 10.7 Å². The van der Waals surface area contributed by atoms with E-state index in [0.29, 0.717) is 49.9 Å². The van der Waals surface area contributed by atoms with E-state index in [4.69, 9.17) is 4.42 Å². The molecule has 31 heavy (non-hydrogen) atoms. The Hall–Kier alpha value is -2.88. The summed E-state index contributed by atoms with van der Waals surface area (Å²) < 4.78 is 33.0. The number of benzene rings is 2. The average molecular weight is 441 g/mol. The number of hydrogen-bond donors (Lipinski definition) is 0. The molecule has 0 saturated carbocycles. The van der Waals surface area contributed by atoms with Crippen molar-refractivity contribution in [2.24, 2.45) is 0 Å². The molecule has 1 aromatic heterocycles. The Labute approximate surface area is 181 Å². The fourth-order valence-corrected chi connectivity index (χ4v) is 4.93. The third-order valence-electron chi connectivity index (χ3n) is 5.36. The number of carbonyl (C=O) groups excluding carboxylic acids is 1. The molecule has 1 saturated heterocycles. The Morgan fingerprint density at radius 1 is 0.968 bits per heavy atom. The highest BCUT2D eigenvalue weighted by Crippen LogP contribution is 2.20. The van der Waals surface area contributed by atoms with Crippen molar-refractivity contribution in [1.29, 1.82) is 0 Å². The van der Waals surface area contributed by atoms with Gasteiger partial charge in [0.05, 0.1) is 4.90 Å². The maximum atomic E-state index is 12.9. The molecule has 8 nitrogen and oxygen atoms in total. The lowest BCUT2D eigenvalue weighted by atomic mass is 10.2. The average Bonchev–Trinajstić information content (AvgIpc) is 3.28. The van der Waals surface area contributed by atoms with Crippen LogP contribution < -0.4 is 0 Å². The summed E-state index contributed by atoms with van der Waals surface area (Å²) in [5.74, 6) is 0.983. The van der Waals surface area contributed by atoms with Crippen molar-refractivity contribution < 1.29 is 17.6 Å². The summed E-state index contributed by atoms with van der Waals surface area (Å²) in [6.45, 7) is 4.26. The lowest BCUT2D eigenvalue weighted by Crippen LogP contribution is -2.49. The molecule has 3 aromatic rings. The Morgan fingerprint density at radius 3 is 2.29 bits per heavy atom. The fourth-order valence-electron chi connectivity index (χ4n) is 3.51. The summed E-state index contributed by atoms with van der Waals surface area (Å²) >= 11 is 0. The van der Waals surface area contributed by atoms with Gasteiger partial charge in [-0.3, -0.25) is 4.79 Å². The van der Waals surface area contributed by atoms with Crippen molar-refractivity contribution in [2.75, 3.05) is 32.7 Å². The number of carbonyl (C=O) groups is 1. The van der Waals surface area contributed by atoms with E-state index in [1.165, 1.54) is 23.4 Å². The van der Waals surface area contributed by atoms with Gasteiger partial charge in [-0.1, -0.05) is 30.3 Å². The van der Waals surface area contributed by atoms with Gasteiger partial charge in [-0.05, 0) is 31.2 Å². The first-order chi connectivity index (χ1) is 14.9. The number of sulfonamides is 1. The first kappa shape index (κ1) is 21.4. The monoisotopic (exact) mass is 440 g/mol. The molecule has 0 radical (unpaired) electrons. The van der Waals surface area contributed by atoms with Crippen LogP contribution in [0.4, 0.5) is 0 Å². The molecule has 1 fully saturated rings. The quantitative estimate of drug-likeness (QED) is 0.521. The van der Waals surface area contributed by atoms with Crippen LogP contribution in [-0.4, -0.2) is 66.3 Å². The maximum absolute atomic E-state index is 12.9. The van der Waals surface area contributed by atoms with Crippen molar-refractivity contribution in [2.45, 2.75) is 18.2 Å². The van der Waals surface area contributed by atoms with Gasteiger partial charge in [-0.25, -0.2) is 8.42 Å². The minimum Gasteiger partial charge on any atom is -0.421 e. The third kappa shape index (κ3) is 4.90. The van der Waals surface area contributed by atoms with Crippen LogP contribution in [-0.2, 0) is 16.4 Å². The van der Waals surface area contributed by atoms with Crippen LogP contribution >= 0.6 is 0 Å². The molecule has 9 heteroatoms. The largest absolute Gasteiger partial charge is 0.421 e. The number of hydrogen-bond acceptors (Lipinski definition) is 7. The summed E-state index contributed by atoms with van der Waals surface area (Å²) in [6, 6.07) is 15.7. The van der Waals surface area contributed by atoms with Gasteiger partial charge in [0.25, 0.3) is 0 Å². The summed E-state index contributed by atoms with van der Waals surface area (Å²) in [7, 11) is -3.57. The van der Waals surface area contributed by atoms with Crippen LogP contribution in [0.25, 0.3) is 11.5 Å². The highest BCUT2D eigenvalue weighted by Gasteiger charge is 2.28. The molecule has 162 valence electrons. The highest BCUT2D eigenvalue weighted by atomic mass is 32.2. The number of Topliss-reactive ketones (excluding diaryl/α,β-unsaturated/α-hetero) is 1. The molecule has 0 unspecified atom stereocenters. The second-order valence-corrected chi connectivity index (χ2v) is 9.38. The van der Waals surface area contributed by atoms with Gasteiger partial charge in [0.15, 0.2) is 5.78 Å². The van der Waals surface area contributed by atoms with Gasteiger partial charge >= 0.3 is 0 Å². The predicted octanol–water partition coefficient (Wildman–Crippen LogP) is 2.49. The molecule has 0 atom stereocenters. The molecule has 0 N–H and O–H groups in total. The maximum Gasteiger partial charge on any atom is 0.247 e. The standard InChI is InChI=1S/C22H24N4O4S/c1-17(27)18-7-9-20(10-8-18)31(28,29)26-15-13-25(14-16-26)12-11-21-23-24-22(30-21)19-5-3-2-4-6-19/h2-10H,11-16H2,1H3. The number of ketones is 1. The molecule has 2 heterocycles. The van der Waals surface area contributed by atoms with E-state index in [1.54, 1.807) is 12.1 Å². The minimum absolute atomic E-state index is 0.0882. The van der Waals surface area contributed by atoms with Crippen LogP contribution in [0, 0.1) is 0 Å². The fraction of sp³-hybridized carbons (Fsp3) is 0.318. The third-order valence-corrected chi connectivity index (χ3v) is 7.27. The molecule has 0 aliphatic carbocycles. The van der Waals surface area contributed by atoms with Gasteiger partial charge in [0.2, 0.25) is 21.8 Å². The number of aromatic nitrogens is 2.